The van der Waals surface area contributed by atoms with Gasteiger partial charge in [-0.1, -0.05) is 0 Å². The van der Waals surface area contributed by atoms with Crippen molar-refractivity contribution in [2.75, 3.05) is 31.0 Å². The number of nitrogens with one attached hydrogen (secondary N) is 1. The second-order valence-corrected chi connectivity index (χ2v) is 9.65. The number of hydrogen-bond donors (Lipinski definition) is 2. The van der Waals surface area contributed by atoms with E-state index in [1.54, 1.807) is 4.90 Å². The fourth-order valence-corrected chi connectivity index (χ4v) is 5.21. The van der Waals surface area contributed by atoms with Gasteiger partial charge in [-0.2, -0.15) is 0 Å². The molecule has 10 heteroatoms. The second kappa shape index (κ2) is 7.52. The number of amides is 1. The molecule has 0 aromatic rings. The predicted molar refractivity (Wildman–Crippen MR) is 79.7 cm³/mol. The van der Waals surface area contributed by atoms with Crippen LogP contribution in [0.15, 0.2) is 0 Å². The SMILES string of the molecule is CS(=O)(=O)CS(=O)(=O)NCCC[C@H](N)C(=O)N1CCCC1. The van der Waals surface area contributed by atoms with Crippen molar-refractivity contribution in [3.63, 3.8) is 0 Å². The van der Waals surface area contributed by atoms with Crippen molar-refractivity contribution in [1.29, 1.82) is 0 Å². The van der Waals surface area contributed by atoms with Crippen LogP contribution in [0, 0.1) is 0 Å². The smallest absolute Gasteiger partial charge is 0.239 e. The lowest BCUT2D eigenvalue weighted by molar-refractivity contribution is -0.131. The van der Waals surface area contributed by atoms with Gasteiger partial charge in [-0.15, -0.1) is 0 Å². The summed E-state index contributed by atoms with van der Waals surface area (Å²) in [5, 5.41) is -0.932. The van der Waals surface area contributed by atoms with Gasteiger partial charge in [0.1, 0.15) is 0 Å². The van der Waals surface area contributed by atoms with E-state index >= 15 is 0 Å². The van der Waals surface area contributed by atoms with E-state index in [0.29, 0.717) is 12.8 Å². The highest BCUT2D eigenvalue weighted by Crippen LogP contribution is 2.10. The van der Waals surface area contributed by atoms with Gasteiger partial charge in [0.05, 0.1) is 6.04 Å². The van der Waals surface area contributed by atoms with Crippen molar-refractivity contribution < 1.29 is 21.6 Å². The van der Waals surface area contributed by atoms with Crippen LogP contribution in [0.1, 0.15) is 25.7 Å². The molecule has 1 aliphatic heterocycles. The largest absolute Gasteiger partial charge is 0.341 e. The van der Waals surface area contributed by atoms with Crippen LogP contribution in [0.3, 0.4) is 0 Å². The van der Waals surface area contributed by atoms with Gasteiger partial charge >= 0.3 is 0 Å². The number of sulfone groups is 1. The second-order valence-electron chi connectivity index (χ2n) is 5.33. The molecule has 124 valence electrons. The highest BCUT2D eigenvalue weighted by Gasteiger charge is 2.23. The Morgan fingerprint density at radius 3 is 2.33 bits per heavy atom. The molecule has 0 unspecified atom stereocenters. The minimum absolute atomic E-state index is 0.0683. The van der Waals surface area contributed by atoms with Crippen molar-refractivity contribution in [2.24, 2.45) is 5.73 Å². The number of carbonyl (C=O) groups excluding carboxylic acids is 1. The summed E-state index contributed by atoms with van der Waals surface area (Å²) in [5.41, 5.74) is 5.78. The van der Waals surface area contributed by atoms with Crippen molar-refractivity contribution in [3.05, 3.63) is 0 Å². The quantitative estimate of drug-likeness (QED) is 0.525. The maximum Gasteiger partial charge on any atom is 0.239 e. The Morgan fingerprint density at radius 1 is 1.24 bits per heavy atom. The van der Waals surface area contributed by atoms with Gasteiger partial charge in [0.2, 0.25) is 15.9 Å². The van der Waals surface area contributed by atoms with E-state index in [4.69, 9.17) is 5.73 Å². The molecular formula is C11H23N3O5S2. The average molecular weight is 341 g/mol. The fourth-order valence-electron chi connectivity index (χ4n) is 2.17. The zero-order valence-electron chi connectivity index (χ0n) is 12.1. The van der Waals surface area contributed by atoms with Gasteiger partial charge in [-0.25, -0.2) is 21.6 Å². The summed E-state index contributed by atoms with van der Waals surface area (Å²) in [6, 6.07) is -0.637. The molecule has 21 heavy (non-hydrogen) atoms. The third kappa shape index (κ3) is 7.21. The fraction of sp³-hybridized carbons (Fsp3) is 0.909. The standard InChI is InChI=1S/C11H23N3O5S2/c1-20(16,17)9-21(18,19)13-6-4-5-10(12)11(15)14-7-2-3-8-14/h10,13H,2-9,12H2,1H3/t10-/m0/s1. The van der Waals surface area contributed by atoms with Gasteiger partial charge < -0.3 is 10.6 Å². The first kappa shape index (κ1) is 18.3. The Kier molecular flexibility index (Phi) is 6.57. The van der Waals surface area contributed by atoms with Crippen LogP contribution < -0.4 is 10.5 Å². The van der Waals surface area contributed by atoms with Crippen molar-refractivity contribution >= 4 is 25.8 Å². The minimum Gasteiger partial charge on any atom is -0.341 e. The first-order valence-corrected chi connectivity index (χ1v) is 10.5. The van der Waals surface area contributed by atoms with E-state index in [2.05, 4.69) is 4.72 Å². The molecule has 0 aromatic heterocycles. The highest BCUT2D eigenvalue weighted by atomic mass is 32.3. The van der Waals surface area contributed by atoms with E-state index < -0.39 is 31.0 Å². The van der Waals surface area contributed by atoms with Crippen LogP contribution in [0.4, 0.5) is 0 Å². The number of carbonyl (C=O) groups is 1. The predicted octanol–water partition coefficient (Wildman–Crippen LogP) is -1.36. The zero-order chi connectivity index (χ0) is 16.1. The van der Waals surface area contributed by atoms with Crippen LogP contribution in [0.25, 0.3) is 0 Å². The molecule has 1 fully saturated rings. The third-order valence-corrected chi connectivity index (χ3v) is 6.72. The lowest BCUT2D eigenvalue weighted by Gasteiger charge is -2.20. The zero-order valence-corrected chi connectivity index (χ0v) is 13.7. The van der Waals surface area contributed by atoms with Gasteiger partial charge in [0.25, 0.3) is 0 Å². The third-order valence-electron chi connectivity index (χ3n) is 3.12. The molecule has 0 bridgehead atoms. The Bertz CT molecular complexity index is 552. The average Bonchev–Trinajstić information content (AvgIpc) is 2.84. The van der Waals surface area contributed by atoms with Crippen molar-refractivity contribution in [3.8, 4) is 0 Å². The molecule has 3 N–H and O–H groups in total. The van der Waals surface area contributed by atoms with E-state index in [1.165, 1.54) is 0 Å². The summed E-state index contributed by atoms with van der Waals surface area (Å²) >= 11 is 0. The molecule has 1 atom stereocenters. The van der Waals surface area contributed by atoms with Crippen LogP contribution >= 0.6 is 0 Å². The van der Waals surface area contributed by atoms with E-state index in [-0.39, 0.29) is 12.5 Å². The number of rotatable bonds is 8. The Balaban J connectivity index is 2.28. The minimum atomic E-state index is -3.85. The lowest BCUT2D eigenvalue weighted by Crippen LogP contribution is -2.42. The molecule has 0 radical (unpaired) electrons. The molecule has 1 aliphatic rings. The summed E-state index contributed by atoms with van der Waals surface area (Å²) in [6.45, 7) is 1.53. The molecule has 0 aromatic carbocycles. The van der Waals surface area contributed by atoms with Crippen LogP contribution in [0.5, 0.6) is 0 Å². The molecular weight excluding hydrogens is 318 g/mol. The van der Waals surface area contributed by atoms with Gasteiger partial charge in [0, 0.05) is 25.9 Å². The normalized spacial score (nSPS) is 17.9. The van der Waals surface area contributed by atoms with Crippen molar-refractivity contribution in [2.45, 2.75) is 31.7 Å². The lowest BCUT2D eigenvalue weighted by atomic mass is 10.1. The van der Waals surface area contributed by atoms with E-state index in [9.17, 15) is 21.6 Å². The molecule has 1 amide bonds. The van der Waals surface area contributed by atoms with Gasteiger partial charge in [-0.05, 0) is 25.7 Å². The monoisotopic (exact) mass is 341 g/mol. The van der Waals surface area contributed by atoms with Crippen LogP contribution in [-0.4, -0.2) is 64.7 Å². The van der Waals surface area contributed by atoms with E-state index in [0.717, 1.165) is 32.2 Å². The summed E-state index contributed by atoms with van der Waals surface area (Å²) in [5.74, 6) is -0.105. The maximum absolute atomic E-state index is 11.9. The summed E-state index contributed by atoms with van der Waals surface area (Å²) in [7, 11) is -7.44. The molecule has 1 saturated heterocycles. The van der Waals surface area contributed by atoms with E-state index in [1.807, 2.05) is 0 Å². The Hall–Kier alpha value is -0.710. The topological polar surface area (TPSA) is 127 Å². The number of likely N-dealkylation sites (tertiary alicyclic amines) is 1. The maximum atomic E-state index is 11.9. The Morgan fingerprint density at radius 2 is 1.81 bits per heavy atom. The van der Waals surface area contributed by atoms with Crippen LogP contribution in [0.2, 0.25) is 0 Å². The molecule has 8 nitrogen and oxygen atoms in total. The molecule has 0 saturated carbocycles. The first-order valence-electron chi connectivity index (χ1n) is 6.80. The number of nitrogens with two attached hydrogens (primary N) is 1. The van der Waals surface area contributed by atoms with Gasteiger partial charge in [0.15, 0.2) is 14.9 Å². The summed E-state index contributed by atoms with van der Waals surface area (Å²) in [4.78, 5) is 13.6. The number of sulfonamides is 1. The van der Waals surface area contributed by atoms with Crippen molar-refractivity contribution in [1.82, 2.24) is 9.62 Å². The number of hydrogen-bond acceptors (Lipinski definition) is 6. The number of nitrogens with zero attached hydrogens (tertiary/aromatic N) is 1. The molecule has 1 rings (SSSR count). The summed E-state index contributed by atoms with van der Waals surface area (Å²) in [6.07, 6.45) is 3.57. The Labute approximate surface area is 126 Å². The molecule has 1 heterocycles. The first-order chi connectivity index (χ1) is 9.61. The van der Waals surface area contributed by atoms with Gasteiger partial charge in [-0.3, -0.25) is 4.79 Å². The molecule has 0 aliphatic carbocycles. The summed E-state index contributed by atoms with van der Waals surface area (Å²) < 4.78 is 46.9. The molecule has 0 spiro atoms. The highest BCUT2D eigenvalue weighted by molar-refractivity contribution is 8.06. The van der Waals surface area contributed by atoms with Crippen LogP contribution in [-0.2, 0) is 24.7 Å².